The maximum Gasteiger partial charge on any atom is 0.113 e. The molecule has 4 rings (SSSR count). The van der Waals surface area contributed by atoms with Crippen LogP contribution in [0.4, 0.5) is 0 Å². The van der Waals surface area contributed by atoms with E-state index >= 15 is 0 Å². The van der Waals surface area contributed by atoms with E-state index in [2.05, 4.69) is 56.5 Å². The lowest BCUT2D eigenvalue weighted by atomic mass is 10.2. The van der Waals surface area contributed by atoms with E-state index in [0.29, 0.717) is 0 Å². The minimum Gasteiger partial charge on any atom is -0.285 e. The van der Waals surface area contributed by atoms with Crippen molar-refractivity contribution in [1.29, 1.82) is 0 Å². The van der Waals surface area contributed by atoms with Crippen LogP contribution in [0.5, 0.6) is 0 Å². The van der Waals surface area contributed by atoms with Crippen LogP contribution >= 0.6 is 0 Å². The summed E-state index contributed by atoms with van der Waals surface area (Å²) in [6.45, 7) is 4.95. The van der Waals surface area contributed by atoms with Crippen LogP contribution in [0.1, 0.15) is 5.56 Å². The summed E-state index contributed by atoms with van der Waals surface area (Å²) in [5, 5.41) is 8.49. The van der Waals surface area contributed by atoms with Crippen molar-refractivity contribution in [3.8, 4) is 0 Å². The molecule has 1 saturated heterocycles. The van der Waals surface area contributed by atoms with Gasteiger partial charge in [-0.25, -0.2) is 4.68 Å². The van der Waals surface area contributed by atoms with Gasteiger partial charge in [-0.3, -0.25) is 9.80 Å². The normalized spacial score (nSPS) is 16.5. The average molecular weight is 293 g/mol. The Bertz CT molecular complexity index is 752. The molecular formula is C17H19N5. The van der Waals surface area contributed by atoms with Gasteiger partial charge in [-0.2, -0.15) is 0 Å². The van der Waals surface area contributed by atoms with Crippen LogP contribution in [0.15, 0.2) is 54.6 Å². The third-order valence-corrected chi connectivity index (χ3v) is 4.14. The molecule has 1 fully saturated rings. The summed E-state index contributed by atoms with van der Waals surface area (Å²) >= 11 is 0. The van der Waals surface area contributed by atoms with Gasteiger partial charge >= 0.3 is 0 Å². The molecule has 0 saturated carbocycles. The van der Waals surface area contributed by atoms with E-state index < -0.39 is 0 Å². The molecule has 5 nitrogen and oxygen atoms in total. The molecule has 1 aliphatic heterocycles. The molecule has 0 N–H and O–H groups in total. The minimum absolute atomic E-state index is 0.797. The monoisotopic (exact) mass is 293 g/mol. The highest BCUT2D eigenvalue weighted by atomic mass is 15.5. The largest absolute Gasteiger partial charge is 0.285 e. The third-order valence-electron chi connectivity index (χ3n) is 4.14. The SMILES string of the molecule is c1ccc(CN2CCN(Cn3nnc4ccccc43)C2)cc1. The summed E-state index contributed by atoms with van der Waals surface area (Å²) in [7, 11) is 0. The van der Waals surface area contributed by atoms with Gasteiger partial charge in [0.25, 0.3) is 0 Å². The van der Waals surface area contributed by atoms with Gasteiger partial charge in [0, 0.05) is 19.6 Å². The van der Waals surface area contributed by atoms with Gasteiger partial charge in [-0.15, -0.1) is 5.10 Å². The highest BCUT2D eigenvalue weighted by molar-refractivity contribution is 5.73. The Morgan fingerprint density at radius 1 is 0.864 bits per heavy atom. The van der Waals surface area contributed by atoms with Crippen LogP contribution in [0.2, 0.25) is 0 Å². The van der Waals surface area contributed by atoms with Gasteiger partial charge in [0.15, 0.2) is 0 Å². The molecule has 0 atom stereocenters. The van der Waals surface area contributed by atoms with Crippen LogP contribution in [0, 0.1) is 0 Å². The van der Waals surface area contributed by atoms with E-state index in [0.717, 1.165) is 44.0 Å². The zero-order valence-corrected chi connectivity index (χ0v) is 12.5. The number of nitrogens with zero attached hydrogens (tertiary/aromatic N) is 5. The van der Waals surface area contributed by atoms with E-state index in [4.69, 9.17) is 0 Å². The van der Waals surface area contributed by atoms with Gasteiger partial charge in [-0.1, -0.05) is 47.7 Å². The molecule has 2 aromatic carbocycles. The molecule has 1 aliphatic rings. The van der Waals surface area contributed by atoms with E-state index in [1.54, 1.807) is 0 Å². The fourth-order valence-corrected chi connectivity index (χ4v) is 3.00. The van der Waals surface area contributed by atoms with Gasteiger partial charge in [-0.05, 0) is 17.7 Å². The molecule has 5 heteroatoms. The van der Waals surface area contributed by atoms with Crippen molar-refractivity contribution >= 4 is 11.0 Å². The van der Waals surface area contributed by atoms with Crippen molar-refractivity contribution in [3.05, 3.63) is 60.2 Å². The first kappa shape index (κ1) is 13.4. The molecule has 0 radical (unpaired) electrons. The standard InChI is InChI=1S/C17H19N5/c1-2-6-15(7-3-1)12-20-10-11-21(13-20)14-22-17-9-5-4-8-16(17)18-19-22/h1-9H,10-14H2. The molecule has 0 spiro atoms. The molecule has 112 valence electrons. The number of fused-ring (bicyclic) bond motifs is 1. The van der Waals surface area contributed by atoms with Gasteiger partial charge in [0.1, 0.15) is 5.52 Å². The maximum absolute atomic E-state index is 4.27. The van der Waals surface area contributed by atoms with Gasteiger partial charge < -0.3 is 0 Å². The zero-order valence-electron chi connectivity index (χ0n) is 12.5. The second-order valence-electron chi connectivity index (χ2n) is 5.79. The number of hydrogen-bond donors (Lipinski definition) is 0. The Hall–Kier alpha value is -2.24. The first-order chi connectivity index (χ1) is 10.9. The fraction of sp³-hybridized carbons (Fsp3) is 0.294. The van der Waals surface area contributed by atoms with Crippen molar-refractivity contribution in [3.63, 3.8) is 0 Å². The summed E-state index contributed by atoms with van der Waals surface area (Å²) in [6, 6.07) is 18.8. The van der Waals surface area contributed by atoms with Crippen LogP contribution in [0.25, 0.3) is 11.0 Å². The minimum atomic E-state index is 0.797. The molecular weight excluding hydrogens is 274 g/mol. The highest BCUT2D eigenvalue weighted by Crippen LogP contribution is 2.14. The maximum atomic E-state index is 4.27. The predicted octanol–water partition coefficient (Wildman–Crippen LogP) is 2.16. The number of rotatable bonds is 4. The second-order valence-corrected chi connectivity index (χ2v) is 5.79. The van der Waals surface area contributed by atoms with E-state index in [1.807, 2.05) is 22.9 Å². The third kappa shape index (κ3) is 2.73. The van der Waals surface area contributed by atoms with Crippen LogP contribution in [-0.2, 0) is 13.2 Å². The highest BCUT2D eigenvalue weighted by Gasteiger charge is 2.20. The second kappa shape index (κ2) is 5.87. The lowest BCUT2D eigenvalue weighted by Crippen LogP contribution is -2.27. The Kier molecular flexibility index (Phi) is 3.58. The number of hydrogen-bond acceptors (Lipinski definition) is 4. The summed E-state index contributed by atoms with van der Waals surface area (Å²) in [5.41, 5.74) is 3.43. The lowest BCUT2D eigenvalue weighted by molar-refractivity contribution is 0.198. The molecule has 0 bridgehead atoms. The molecule has 0 amide bonds. The summed E-state index contributed by atoms with van der Waals surface area (Å²) in [4.78, 5) is 4.87. The molecule has 2 heterocycles. The Morgan fingerprint density at radius 2 is 1.64 bits per heavy atom. The molecule has 3 aromatic rings. The van der Waals surface area contributed by atoms with Crippen LogP contribution < -0.4 is 0 Å². The van der Waals surface area contributed by atoms with Crippen LogP contribution in [0.3, 0.4) is 0 Å². The van der Waals surface area contributed by atoms with Crippen molar-refractivity contribution in [2.24, 2.45) is 0 Å². The topological polar surface area (TPSA) is 37.2 Å². The first-order valence-electron chi connectivity index (χ1n) is 7.65. The zero-order chi connectivity index (χ0) is 14.8. The number of para-hydroxylation sites is 1. The van der Waals surface area contributed by atoms with Crippen LogP contribution in [-0.4, -0.2) is 44.6 Å². The van der Waals surface area contributed by atoms with Gasteiger partial charge in [0.05, 0.1) is 18.9 Å². The Balaban J connectivity index is 1.41. The van der Waals surface area contributed by atoms with Crippen molar-refractivity contribution in [1.82, 2.24) is 24.8 Å². The first-order valence-corrected chi connectivity index (χ1v) is 7.65. The van der Waals surface area contributed by atoms with E-state index in [-0.39, 0.29) is 0 Å². The van der Waals surface area contributed by atoms with Crippen molar-refractivity contribution in [2.75, 3.05) is 19.8 Å². The average Bonchev–Trinajstić information content (AvgIpc) is 3.17. The Morgan fingerprint density at radius 3 is 2.55 bits per heavy atom. The summed E-state index contributed by atoms with van der Waals surface area (Å²) in [6.07, 6.45) is 0. The lowest BCUT2D eigenvalue weighted by Gasteiger charge is -2.18. The summed E-state index contributed by atoms with van der Waals surface area (Å²) < 4.78 is 1.99. The van der Waals surface area contributed by atoms with E-state index in [1.165, 1.54) is 5.56 Å². The Labute approximate surface area is 129 Å². The fourth-order valence-electron chi connectivity index (χ4n) is 3.00. The number of benzene rings is 2. The van der Waals surface area contributed by atoms with Crippen molar-refractivity contribution in [2.45, 2.75) is 13.2 Å². The molecule has 1 aromatic heterocycles. The summed E-state index contributed by atoms with van der Waals surface area (Å²) in [5.74, 6) is 0. The predicted molar refractivity (Wildman–Crippen MR) is 86.0 cm³/mol. The molecule has 0 unspecified atom stereocenters. The number of aromatic nitrogens is 3. The van der Waals surface area contributed by atoms with Crippen molar-refractivity contribution < 1.29 is 0 Å². The smallest absolute Gasteiger partial charge is 0.113 e. The quantitative estimate of drug-likeness (QED) is 0.739. The van der Waals surface area contributed by atoms with Gasteiger partial charge in [0.2, 0.25) is 0 Å². The molecule has 0 aliphatic carbocycles. The molecule has 22 heavy (non-hydrogen) atoms. The van der Waals surface area contributed by atoms with E-state index in [9.17, 15) is 0 Å².